The zero-order chi connectivity index (χ0) is 38.7. The Bertz CT molecular complexity index is 3330. The van der Waals surface area contributed by atoms with Gasteiger partial charge in [-0.05, 0) is 97.6 Å². The Kier molecular flexibility index (Phi) is 6.80. The van der Waals surface area contributed by atoms with Crippen molar-refractivity contribution in [1.29, 1.82) is 0 Å². The predicted octanol–water partition coefficient (Wildman–Crippen LogP) is 15.1. The first kappa shape index (κ1) is 32.6. The number of fused-ring (bicyclic) bond motifs is 16. The largest absolute Gasteiger partial charge is 0.459 e. The van der Waals surface area contributed by atoms with E-state index >= 15 is 0 Å². The molecule has 2 heteroatoms. The third-order valence-corrected chi connectivity index (χ3v) is 13.4. The van der Waals surface area contributed by atoms with Gasteiger partial charge in [-0.3, -0.25) is 0 Å². The number of hydrogen-bond acceptors (Lipinski definition) is 2. The monoisotopic (exact) mass is 751 g/mol. The minimum absolute atomic E-state index is 0.0217. The molecule has 9 aromatic carbocycles. The van der Waals surface area contributed by atoms with Gasteiger partial charge in [-0.1, -0.05) is 176 Å². The van der Waals surface area contributed by atoms with E-state index in [1.807, 2.05) is 0 Å². The molecule has 1 aromatic heterocycles. The first-order chi connectivity index (χ1) is 29.3. The zero-order valence-corrected chi connectivity index (χ0v) is 32.3. The fraction of sp³-hybridized carbons (Fsp3) is 0.0526. The van der Waals surface area contributed by atoms with Crippen molar-refractivity contribution in [3.05, 3.63) is 239 Å². The van der Waals surface area contributed by atoms with Gasteiger partial charge in [-0.2, -0.15) is 0 Å². The van der Waals surface area contributed by atoms with Crippen molar-refractivity contribution in [3.8, 4) is 22.3 Å². The fourth-order valence-corrected chi connectivity index (χ4v) is 11.0. The number of para-hydroxylation sites is 1. The highest BCUT2D eigenvalue weighted by molar-refractivity contribution is 6.08. The summed E-state index contributed by atoms with van der Waals surface area (Å²) in [6.45, 7) is 0. The third-order valence-electron chi connectivity index (χ3n) is 13.4. The molecule has 0 amide bonds. The lowest BCUT2D eigenvalue weighted by atomic mass is 9.70. The van der Waals surface area contributed by atoms with Crippen LogP contribution in [-0.4, -0.2) is 0 Å². The average Bonchev–Trinajstić information content (AvgIpc) is 3.94. The van der Waals surface area contributed by atoms with Gasteiger partial charge in [0.15, 0.2) is 0 Å². The number of benzene rings is 9. The molecule has 59 heavy (non-hydrogen) atoms. The van der Waals surface area contributed by atoms with Crippen LogP contribution in [0.15, 0.2) is 205 Å². The van der Waals surface area contributed by atoms with Gasteiger partial charge in [-0.25, -0.2) is 0 Å². The summed E-state index contributed by atoms with van der Waals surface area (Å²) in [6.07, 6.45) is 5.45. The number of anilines is 3. The lowest BCUT2D eigenvalue weighted by molar-refractivity contribution is 0.519. The van der Waals surface area contributed by atoms with Crippen LogP contribution in [0.4, 0.5) is 17.1 Å². The van der Waals surface area contributed by atoms with Crippen LogP contribution in [0, 0.1) is 0 Å². The molecule has 1 atom stereocenters. The summed E-state index contributed by atoms with van der Waals surface area (Å²) in [4.78, 5) is 2.53. The second-order valence-corrected chi connectivity index (χ2v) is 16.2. The zero-order valence-electron chi connectivity index (χ0n) is 32.3. The number of nitrogens with zero attached hydrogens (tertiary/aromatic N) is 1. The van der Waals surface area contributed by atoms with Crippen LogP contribution in [-0.2, 0) is 5.41 Å². The van der Waals surface area contributed by atoms with Crippen molar-refractivity contribution in [1.82, 2.24) is 0 Å². The van der Waals surface area contributed by atoms with Gasteiger partial charge in [-0.15, -0.1) is 0 Å². The van der Waals surface area contributed by atoms with Crippen LogP contribution in [0.5, 0.6) is 0 Å². The minimum Gasteiger partial charge on any atom is -0.459 e. The molecule has 1 unspecified atom stereocenters. The Morgan fingerprint density at radius 1 is 0.458 bits per heavy atom. The van der Waals surface area contributed by atoms with E-state index in [1.54, 1.807) is 0 Å². The maximum atomic E-state index is 7.04. The van der Waals surface area contributed by atoms with Gasteiger partial charge in [0, 0.05) is 33.3 Å². The predicted molar refractivity (Wildman–Crippen MR) is 244 cm³/mol. The summed E-state index contributed by atoms with van der Waals surface area (Å²) in [5.41, 5.74) is 17.0. The molecule has 2 nitrogen and oxygen atoms in total. The van der Waals surface area contributed by atoms with E-state index in [1.165, 1.54) is 77.2 Å². The molecular weight excluding hydrogens is 715 g/mol. The summed E-state index contributed by atoms with van der Waals surface area (Å²) in [6, 6.07) is 71.9. The van der Waals surface area contributed by atoms with Crippen LogP contribution >= 0.6 is 0 Å². The summed E-state index contributed by atoms with van der Waals surface area (Å²) in [5.74, 6) is 1.06. The molecule has 13 rings (SSSR count). The van der Waals surface area contributed by atoms with Crippen molar-refractivity contribution in [2.45, 2.75) is 17.8 Å². The van der Waals surface area contributed by atoms with Gasteiger partial charge in [0.2, 0.25) is 0 Å². The van der Waals surface area contributed by atoms with E-state index in [4.69, 9.17) is 4.42 Å². The van der Waals surface area contributed by atoms with Gasteiger partial charge in [0.1, 0.15) is 11.3 Å². The smallest absolute Gasteiger partial charge is 0.142 e. The van der Waals surface area contributed by atoms with Crippen LogP contribution in [0.3, 0.4) is 0 Å². The van der Waals surface area contributed by atoms with E-state index in [9.17, 15) is 0 Å². The van der Waals surface area contributed by atoms with Crippen LogP contribution in [0.2, 0.25) is 0 Å². The van der Waals surface area contributed by atoms with Crippen LogP contribution < -0.4 is 4.90 Å². The van der Waals surface area contributed by atoms with E-state index in [0.717, 1.165) is 40.2 Å². The van der Waals surface area contributed by atoms with Crippen molar-refractivity contribution in [2.24, 2.45) is 0 Å². The summed E-state index contributed by atoms with van der Waals surface area (Å²) >= 11 is 0. The summed E-state index contributed by atoms with van der Waals surface area (Å²) < 4.78 is 7.04. The van der Waals surface area contributed by atoms with Gasteiger partial charge >= 0.3 is 0 Å². The lowest BCUT2D eigenvalue weighted by Gasteiger charge is -2.34. The van der Waals surface area contributed by atoms with Crippen LogP contribution in [0.1, 0.15) is 51.5 Å². The first-order valence-electron chi connectivity index (χ1n) is 20.7. The molecular formula is C57H37NO. The molecule has 3 aliphatic carbocycles. The highest BCUT2D eigenvalue weighted by Gasteiger charge is 2.51. The summed E-state index contributed by atoms with van der Waals surface area (Å²) in [5, 5.41) is 5.93. The molecule has 276 valence electrons. The molecule has 0 saturated heterocycles. The second kappa shape index (κ2) is 12.3. The molecule has 1 heterocycles. The highest BCUT2D eigenvalue weighted by Crippen LogP contribution is 2.63. The minimum atomic E-state index is -0.445. The topological polar surface area (TPSA) is 16.4 Å². The third kappa shape index (κ3) is 4.41. The maximum Gasteiger partial charge on any atom is 0.142 e. The Morgan fingerprint density at radius 2 is 1.03 bits per heavy atom. The molecule has 0 aliphatic heterocycles. The molecule has 10 aromatic rings. The first-order valence-corrected chi connectivity index (χ1v) is 20.7. The second-order valence-electron chi connectivity index (χ2n) is 16.2. The Balaban J connectivity index is 1.08. The molecule has 1 spiro atoms. The van der Waals surface area contributed by atoms with E-state index in [-0.39, 0.29) is 5.92 Å². The van der Waals surface area contributed by atoms with Crippen molar-refractivity contribution >= 4 is 55.7 Å². The maximum absolute atomic E-state index is 7.04. The van der Waals surface area contributed by atoms with E-state index < -0.39 is 5.41 Å². The number of allylic oxidation sites excluding steroid dienone is 1. The molecule has 0 radical (unpaired) electrons. The highest BCUT2D eigenvalue weighted by atomic mass is 16.3. The van der Waals surface area contributed by atoms with Gasteiger partial charge < -0.3 is 9.32 Å². The van der Waals surface area contributed by atoms with E-state index in [0.29, 0.717) is 0 Å². The number of hydrogen-bond donors (Lipinski definition) is 0. The fourth-order valence-electron chi connectivity index (χ4n) is 11.0. The normalized spacial score (nSPS) is 15.3. The SMILES string of the molecule is C1=Cc2c(oc3c2ccc2ccccc23)C(c2ccccc2N(c2ccc3c(c2)C2(c4ccccc4-c4ccccc42)c2ccccc2-3)c2cccc3ccccc23)C1. The van der Waals surface area contributed by atoms with Gasteiger partial charge in [0.25, 0.3) is 0 Å². The molecule has 0 saturated carbocycles. The molecule has 0 N–H and O–H groups in total. The van der Waals surface area contributed by atoms with Crippen molar-refractivity contribution < 1.29 is 4.42 Å². The standard InChI is InChI=1S/C57H37NO/c1-3-18-39-36(15-1)17-13-30-53(39)58(54-29-12-8-23-45(54)46-24-14-25-47-48-33-31-37-16-2-4-19-40(37)55(48)59-56(46)47)38-32-34-44-43-22-7-11-28-51(43)57(52(44)35-38)49-26-9-5-20-41(49)42-21-6-10-27-50(42)57/h1-23,25-35,46H,24H2. The molecule has 0 fully saturated rings. The molecule has 0 bridgehead atoms. The van der Waals surface area contributed by atoms with Gasteiger partial charge in [0.05, 0.1) is 16.8 Å². The Labute approximate surface area is 342 Å². The lowest BCUT2D eigenvalue weighted by Crippen LogP contribution is -2.26. The number of furan rings is 1. The Morgan fingerprint density at radius 3 is 1.78 bits per heavy atom. The van der Waals surface area contributed by atoms with Crippen LogP contribution in [0.25, 0.3) is 60.8 Å². The summed E-state index contributed by atoms with van der Waals surface area (Å²) in [7, 11) is 0. The van der Waals surface area contributed by atoms with Crippen molar-refractivity contribution in [2.75, 3.05) is 4.90 Å². The van der Waals surface area contributed by atoms with E-state index in [2.05, 4.69) is 211 Å². The Hall–Kier alpha value is -7.42. The van der Waals surface area contributed by atoms with Crippen molar-refractivity contribution in [3.63, 3.8) is 0 Å². The molecule has 3 aliphatic rings. The number of rotatable bonds is 4. The quantitative estimate of drug-likeness (QED) is 0.178. The average molecular weight is 752 g/mol.